The van der Waals surface area contributed by atoms with Crippen molar-refractivity contribution in [2.24, 2.45) is 0 Å². The first-order valence-corrected chi connectivity index (χ1v) is 12.5. The first kappa shape index (κ1) is 24.9. The molecule has 198 valence electrons. The van der Waals surface area contributed by atoms with Gasteiger partial charge in [0.15, 0.2) is 0 Å². The molecular formula is C29H25F4NO4. The molecule has 2 atom stereocenters. The molecule has 2 fully saturated rings. The second-order valence-corrected chi connectivity index (χ2v) is 10.2. The molecule has 2 aliphatic heterocycles. The largest absolute Gasteiger partial charge is 0.448 e. The summed E-state index contributed by atoms with van der Waals surface area (Å²) in [7, 11) is 0. The number of carbonyl (C=O) groups is 1. The molecule has 1 amide bonds. The van der Waals surface area contributed by atoms with E-state index in [-0.39, 0.29) is 38.6 Å². The Morgan fingerprint density at radius 1 is 0.947 bits per heavy atom. The van der Waals surface area contributed by atoms with Crippen LogP contribution in [-0.2, 0) is 21.3 Å². The van der Waals surface area contributed by atoms with Crippen molar-refractivity contribution in [2.75, 3.05) is 19.8 Å². The molecule has 3 aromatic rings. The van der Waals surface area contributed by atoms with Crippen LogP contribution in [0.3, 0.4) is 0 Å². The summed E-state index contributed by atoms with van der Waals surface area (Å²) in [5.41, 5.74) is 0.325. The highest BCUT2D eigenvalue weighted by molar-refractivity contribution is 5.79. The lowest BCUT2D eigenvalue weighted by Gasteiger charge is -2.51. The number of halogens is 4. The zero-order chi connectivity index (χ0) is 26.7. The van der Waals surface area contributed by atoms with Gasteiger partial charge in [-0.15, -0.1) is 0 Å². The number of benzene rings is 3. The zero-order valence-corrected chi connectivity index (χ0v) is 20.2. The van der Waals surface area contributed by atoms with Crippen molar-refractivity contribution in [2.45, 2.75) is 42.6 Å². The van der Waals surface area contributed by atoms with Crippen LogP contribution in [0, 0.1) is 5.82 Å². The number of morpholine rings is 1. The monoisotopic (exact) mass is 527 g/mol. The molecule has 2 bridgehead atoms. The molecule has 2 heterocycles. The molecule has 3 aromatic carbocycles. The Labute approximate surface area is 216 Å². The first-order chi connectivity index (χ1) is 18.2. The number of hydrogen-bond acceptors (Lipinski definition) is 4. The van der Waals surface area contributed by atoms with Crippen LogP contribution in [-0.4, -0.2) is 48.0 Å². The Kier molecular flexibility index (Phi) is 5.96. The van der Waals surface area contributed by atoms with E-state index in [4.69, 9.17) is 9.47 Å². The van der Waals surface area contributed by atoms with E-state index in [0.717, 1.165) is 40.5 Å². The Bertz CT molecular complexity index is 1330. The highest BCUT2D eigenvalue weighted by Crippen LogP contribution is 2.47. The number of carbonyl (C=O) groups excluding carboxylic acids is 1. The summed E-state index contributed by atoms with van der Waals surface area (Å²) in [5, 5.41) is 11.4. The van der Waals surface area contributed by atoms with Crippen molar-refractivity contribution >= 4 is 6.09 Å². The lowest BCUT2D eigenvalue weighted by molar-refractivity contribution is -0.154. The number of amides is 1. The molecule has 0 radical (unpaired) electrons. The number of ether oxygens (including phenoxy) is 2. The van der Waals surface area contributed by atoms with Gasteiger partial charge in [-0.05, 0) is 33.9 Å². The third-order valence-corrected chi connectivity index (χ3v) is 7.90. The highest BCUT2D eigenvalue weighted by atomic mass is 19.4. The SMILES string of the molecule is O=C(OCC1c2ccccc2-c2ccccc21)N1C2COCC1CC(O)(c1cccc(F)c1C(F)(F)F)C2. The summed E-state index contributed by atoms with van der Waals surface area (Å²) >= 11 is 0. The zero-order valence-electron chi connectivity index (χ0n) is 20.2. The Morgan fingerprint density at radius 2 is 1.53 bits per heavy atom. The van der Waals surface area contributed by atoms with Crippen molar-refractivity contribution in [1.29, 1.82) is 0 Å². The van der Waals surface area contributed by atoms with E-state index in [1.165, 1.54) is 4.90 Å². The van der Waals surface area contributed by atoms with Crippen molar-refractivity contribution in [3.05, 3.63) is 94.8 Å². The van der Waals surface area contributed by atoms with E-state index in [9.17, 15) is 27.5 Å². The number of piperidine rings is 1. The van der Waals surface area contributed by atoms with Crippen LogP contribution in [0.25, 0.3) is 11.1 Å². The van der Waals surface area contributed by atoms with Crippen molar-refractivity contribution in [3.8, 4) is 11.1 Å². The molecule has 0 saturated carbocycles. The minimum absolute atomic E-state index is 0.0275. The summed E-state index contributed by atoms with van der Waals surface area (Å²) in [6, 6.07) is 17.4. The van der Waals surface area contributed by atoms with Crippen LogP contribution in [0.1, 0.15) is 41.0 Å². The lowest BCUT2D eigenvalue weighted by atomic mass is 9.75. The molecule has 0 spiro atoms. The van der Waals surface area contributed by atoms with Crippen LogP contribution in [0.5, 0.6) is 0 Å². The molecule has 0 aromatic heterocycles. The number of rotatable bonds is 3. The molecule has 2 unspecified atom stereocenters. The van der Waals surface area contributed by atoms with Crippen molar-refractivity contribution in [1.82, 2.24) is 4.90 Å². The third kappa shape index (κ3) is 4.05. The standard InChI is InChI=1S/C29H25F4NO4/c30-25-11-5-10-24(26(25)29(31,32)33)28(36)12-17-14-37-15-18(13-28)34(17)27(35)38-16-23-21-8-3-1-6-19(21)20-7-2-4-9-22(20)23/h1-11,17-18,23,36H,12-16H2. The number of aliphatic hydroxyl groups is 1. The summed E-state index contributed by atoms with van der Waals surface area (Å²) in [6.07, 6.45) is -6.06. The van der Waals surface area contributed by atoms with Gasteiger partial charge in [0.2, 0.25) is 0 Å². The Balaban J connectivity index is 1.23. The number of nitrogens with zero attached hydrogens (tertiary/aromatic N) is 1. The summed E-state index contributed by atoms with van der Waals surface area (Å²) in [6.45, 7) is 0.148. The number of alkyl halides is 3. The van der Waals surface area contributed by atoms with E-state index in [0.29, 0.717) is 0 Å². The molecule has 1 N–H and O–H groups in total. The topological polar surface area (TPSA) is 59.0 Å². The third-order valence-electron chi connectivity index (χ3n) is 7.90. The molecule has 6 rings (SSSR count). The average Bonchev–Trinajstić information content (AvgIpc) is 3.19. The minimum atomic E-state index is -4.98. The first-order valence-electron chi connectivity index (χ1n) is 12.5. The van der Waals surface area contributed by atoms with Gasteiger partial charge in [-0.2, -0.15) is 13.2 Å². The molecule has 1 aliphatic carbocycles. The van der Waals surface area contributed by atoms with E-state index >= 15 is 0 Å². The molecular weight excluding hydrogens is 502 g/mol. The normalized spacial score (nSPS) is 24.6. The van der Waals surface area contributed by atoms with Crippen LogP contribution < -0.4 is 0 Å². The second-order valence-electron chi connectivity index (χ2n) is 10.2. The fourth-order valence-corrected chi connectivity index (χ4v) is 6.36. The Morgan fingerprint density at radius 3 is 2.11 bits per heavy atom. The average molecular weight is 528 g/mol. The van der Waals surface area contributed by atoms with Crippen molar-refractivity contribution in [3.63, 3.8) is 0 Å². The lowest BCUT2D eigenvalue weighted by Crippen LogP contribution is -2.63. The van der Waals surface area contributed by atoms with Crippen LogP contribution >= 0.6 is 0 Å². The minimum Gasteiger partial charge on any atom is -0.448 e. The molecule has 38 heavy (non-hydrogen) atoms. The quantitative estimate of drug-likeness (QED) is 0.435. The van der Waals surface area contributed by atoms with Gasteiger partial charge in [0.25, 0.3) is 0 Å². The van der Waals surface area contributed by atoms with Gasteiger partial charge in [-0.25, -0.2) is 9.18 Å². The summed E-state index contributed by atoms with van der Waals surface area (Å²) < 4.78 is 66.8. The second kappa shape index (κ2) is 9.10. The van der Waals surface area contributed by atoms with E-state index in [1.807, 2.05) is 48.5 Å². The van der Waals surface area contributed by atoms with E-state index < -0.39 is 46.9 Å². The van der Waals surface area contributed by atoms with Crippen LogP contribution in [0.4, 0.5) is 22.4 Å². The maximum Gasteiger partial charge on any atom is 0.419 e. The van der Waals surface area contributed by atoms with Gasteiger partial charge in [0.1, 0.15) is 12.4 Å². The Hall–Kier alpha value is -3.43. The van der Waals surface area contributed by atoms with E-state index in [2.05, 4.69) is 0 Å². The van der Waals surface area contributed by atoms with Gasteiger partial charge in [0.05, 0.1) is 36.5 Å². The van der Waals surface area contributed by atoms with Gasteiger partial charge < -0.3 is 14.6 Å². The predicted molar refractivity (Wildman–Crippen MR) is 130 cm³/mol. The van der Waals surface area contributed by atoms with Gasteiger partial charge in [0, 0.05) is 18.8 Å². The van der Waals surface area contributed by atoms with Crippen LogP contribution in [0.2, 0.25) is 0 Å². The summed E-state index contributed by atoms with van der Waals surface area (Å²) in [5.74, 6) is -1.59. The fourth-order valence-electron chi connectivity index (χ4n) is 6.36. The maximum atomic E-state index is 14.3. The predicted octanol–water partition coefficient (Wildman–Crippen LogP) is 5.84. The van der Waals surface area contributed by atoms with Gasteiger partial charge in [-0.1, -0.05) is 60.7 Å². The van der Waals surface area contributed by atoms with E-state index in [1.54, 1.807) is 0 Å². The van der Waals surface area contributed by atoms with Gasteiger partial charge >= 0.3 is 12.3 Å². The number of hydrogen-bond donors (Lipinski definition) is 1. The molecule has 5 nitrogen and oxygen atoms in total. The van der Waals surface area contributed by atoms with Crippen LogP contribution in [0.15, 0.2) is 66.7 Å². The maximum absolute atomic E-state index is 14.3. The molecule has 9 heteroatoms. The van der Waals surface area contributed by atoms with Gasteiger partial charge in [-0.3, -0.25) is 4.90 Å². The number of fused-ring (bicyclic) bond motifs is 5. The fraction of sp³-hybridized carbons (Fsp3) is 0.345. The molecule has 3 aliphatic rings. The van der Waals surface area contributed by atoms with Crippen molar-refractivity contribution < 1.29 is 36.9 Å². The molecule has 2 saturated heterocycles. The summed E-state index contributed by atoms with van der Waals surface area (Å²) in [4.78, 5) is 14.8. The highest BCUT2D eigenvalue weighted by Gasteiger charge is 2.52. The smallest absolute Gasteiger partial charge is 0.419 e.